The molecular weight excluding hydrogens is 288 g/mol. The summed E-state index contributed by atoms with van der Waals surface area (Å²) in [7, 11) is -1.77. The number of aliphatic hydroxyl groups excluding tert-OH is 1. The van der Waals surface area contributed by atoms with Gasteiger partial charge in [-0.2, -0.15) is 0 Å². The van der Waals surface area contributed by atoms with Gasteiger partial charge in [0.05, 0.1) is 6.10 Å². The summed E-state index contributed by atoms with van der Waals surface area (Å²) in [5.74, 6) is 0. The standard InChI is InChI=1S/C19H32O2Si/c1-15(17-11-9-8-10-12-17)13-18(20)14-16(2)21-22(6,7)19(3,4)5/h8-13,16,18,20H,14H2,1-7H3/b15-13+/t16-,18?/m0/s1. The molecule has 22 heavy (non-hydrogen) atoms. The van der Waals surface area contributed by atoms with Crippen molar-refractivity contribution in [2.75, 3.05) is 0 Å². The van der Waals surface area contributed by atoms with E-state index in [1.54, 1.807) is 0 Å². The number of hydrogen-bond donors (Lipinski definition) is 1. The minimum atomic E-state index is -1.77. The summed E-state index contributed by atoms with van der Waals surface area (Å²) in [5, 5.41) is 10.5. The molecule has 0 radical (unpaired) electrons. The van der Waals surface area contributed by atoms with Crippen LogP contribution in [-0.4, -0.2) is 25.6 Å². The Bertz CT molecular complexity index is 486. The van der Waals surface area contributed by atoms with Gasteiger partial charge in [-0.25, -0.2) is 0 Å². The molecule has 0 amide bonds. The highest BCUT2D eigenvalue weighted by atomic mass is 28.4. The second-order valence-electron chi connectivity index (χ2n) is 7.71. The Hall–Kier alpha value is -0.903. The topological polar surface area (TPSA) is 29.5 Å². The van der Waals surface area contributed by atoms with Gasteiger partial charge in [0.2, 0.25) is 0 Å². The normalized spacial score (nSPS) is 16.5. The van der Waals surface area contributed by atoms with Crippen LogP contribution in [0, 0.1) is 0 Å². The Morgan fingerprint density at radius 3 is 2.27 bits per heavy atom. The van der Waals surface area contributed by atoms with Crippen LogP contribution in [0.2, 0.25) is 18.1 Å². The quantitative estimate of drug-likeness (QED) is 0.725. The Morgan fingerprint density at radius 2 is 1.77 bits per heavy atom. The van der Waals surface area contributed by atoms with Crippen LogP contribution in [0.5, 0.6) is 0 Å². The first-order valence-corrected chi connectivity index (χ1v) is 11.0. The van der Waals surface area contributed by atoms with Gasteiger partial charge in [0.25, 0.3) is 0 Å². The maximum absolute atomic E-state index is 10.3. The van der Waals surface area contributed by atoms with E-state index >= 15 is 0 Å². The second-order valence-corrected chi connectivity index (χ2v) is 12.5. The number of aliphatic hydroxyl groups is 1. The smallest absolute Gasteiger partial charge is 0.192 e. The molecule has 0 heterocycles. The van der Waals surface area contributed by atoms with E-state index in [0.717, 1.165) is 11.1 Å². The monoisotopic (exact) mass is 320 g/mol. The van der Waals surface area contributed by atoms with Crippen LogP contribution >= 0.6 is 0 Å². The molecule has 1 aromatic carbocycles. The molecule has 1 unspecified atom stereocenters. The molecule has 0 aliphatic carbocycles. The first kappa shape index (κ1) is 19.1. The van der Waals surface area contributed by atoms with Gasteiger partial charge < -0.3 is 9.53 Å². The predicted molar refractivity (Wildman–Crippen MR) is 98.5 cm³/mol. The molecule has 0 aromatic heterocycles. The molecular formula is C19H32O2Si. The lowest BCUT2D eigenvalue weighted by Crippen LogP contribution is -2.43. The van der Waals surface area contributed by atoms with Crippen molar-refractivity contribution in [3.63, 3.8) is 0 Å². The fourth-order valence-electron chi connectivity index (χ4n) is 2.22. The van der Waals surface area contributed by atoms with Gasteiger partial charge in [0.15, 0.2) is 8.32 Å². The summed E-state index contributed by atoms with van der Waals surface area (Å²) >= 11 is 0. The van der Waals surface area contributed by atoms with Crippen molar-refractivity contribution >= 4 is 13.9 Å². The van der Waals surface area contributed by atoms with Gasteiger partial charge in [0, 0.05) is 12.5 Å². The van der Waals surface area contributed by atoms with E-state index in [2.05, 4.69) is 52.9 Å². The van der Waals surface area contributed by atoms with Crippen LogP contribution in [0.4, 0.5) is 0 Å². The summed E-state index contributed by atoms with van der Waals surface area (Å²) in [5.41, 5.74) is 2.26. The maximum Gasteiger partial charge on any atom is 0.192 e. The highest BCUT2D eigenvalue weighted by Crippen LogP contribution is 2.37. The van der Waals surface area contributed by atoms with Crippen LogP contribution in [-0.2, 0) is 4.43 Å². The molecule has 3 heteroatoms. The Morgan fingerprint density at radius 1 is 1.23 bits per heavy atom. The third-order valence-electron chi connectivity index (χ3n) is 4.55. The fraction of sp³-hybridized carbons (Fsp3) is 0.579. The van der Waals surface area contributed by atoms with Gasteiger partial charge in [-0.15, -0.1) is 0 Å². The molecule has 2 atom stereocenters. The van der Waals surface area contributed by atoms with Crippen molar-refractivity contribution in [3.8, 4) is 0 Å². The predicted octanol–water partition coefficient (Wildman–Crippen LogP) is 5.25. The Kier molecular flexibility index (Phi) is 6.60. The summed E-state index contributed by atoms with van der Waals surface area (Å²) in [6, 6.07) is 10.2. The molecule has 2 nitrogen and oxygen atoms in total. The average molecular weight is 321 g/mol. The summed E-state index contributed by atoms with van der Waals surface area (Å²) in [6.45, 7) is 15.3. The van der Waals surface area contributed by atoms with Gasteiger partial charge >= 0.3 is 0 Å². The van der Waals surface area contributed by atoms with Gasteiger partial charge in [-0.1, -0.05) is 57.2 Å². The van der Waals surface area contributed by atoms with Crippen molar-refractivity contribution in [3.05, 3.63) is 42.0 Å². The molecule has 1 rings (SSSR count). The average Bonchev–Trinajstić information content (AvgIpc) is 2.37. The van der Waals surface area contributed by atoms with E-state index < -0.39 is 14.4 Å². The van der Waals surface area contributed by atoms with Crippen LogP contribution < -0.4 is 0 Å². The van der Waals surface area contributed by atoms with Crippen LogP contribution in [0.15, 0.2) is 36.4 Å². The summed E-state index contributed by atoms with van der Waals surface area (Å²) < 4.78 is 6.31. The van der Waals surface area contributed by atoms with Crippen molar-refractivity contribution in [2.45, 2.75) is 71.4 Å². The van der Waals surface area contributed by atoms with Crippen molar-refractivity contribution in [1.82, 2.24) is 0 Å². The van der Waals surface area contributed by atoms with E-state index in [0.29, 0.717) is 6.42 Å². The molecule has 0 fully saturated rings. The third-order valence-corrected chi connectivity index (χ3v) is 9.15. The molecule has 0 aliphatic heterocycles. The molecule has 0 bridgehead atoms. The Balaban J connectivity index is 2.63. The lowest BCUT2D eigenvalue weighted by atomic mass is 10.0. The highest BCUT2D eigenvalue weighted by molar-refractivity contribution is 6.74. The third kappa shape index (κ3) is 5.71. The van der Waals surface area contributed by atoms with Gasteiger partial charge in [0.1, 0.15) is 0 Å². The number of hydrogen-bond acceptors (Lipinski definition) is 2. The van der Waals surface area contributed by atoms with Crippen LogP contribution in [0.3, 0.4) is 0 Å². The lowest BCUT2D eigenvalue weighted by molar-refractivity contribution is 0.122. The van der Waals surface area contributed by atoms with Crippen LogP contribution in [0.25, 0.3) is 5.57 Å². The SMILES string of the molecule is C/C(=C\C(O)C[C@H](C)O[Si](C)(C)C(C)(C)C)c1ccccc1. The zero-order chi connectivity index (χ0) is 17.0. The molecule has 0 saturated heterocycles. The number of allylic oxidation sites excluding steroid dienone is 1. The van der Waals surface area contributed by atoms with E-state index in [1.165, 1.54) is 0 Å². The van der Waals surface area contributed by atoms with E-state index in [-0.39, 0.29) is 11.1 Å². The zero-order valence-corrected chi connectivity index (χ0v) is 16.2. The Labute approximate surface area is 137 Å². The maximum atomic E-state index is 10.3. The minimum absolute atomic E-state index is 0.0655. The molecule has 0 spiro atoms. The fourth-order valence-corrected chi connectivity index (χ4v) is 3.68. The lowest BCUT2D eigenvalue weighted by Gasteiger charge is -2.38. The number of benzene rings is 1. The number of rotatable bonds is 6. The highest BCUT2D eigenvalue weighted by Gasteiger charge is 2.38. The first-order chi connectivity index (χ1) is 10.0. The van der Waals surface area contributed by atoms with Gasteiger partial charge in [-0.05, 0) is 43.1 Å². The molecule has 124 valence electrons. The second kappa shape index (κ2) is 7.58. The zero-order valence-electron chi connectivity index (χ0n) is 15.2. The van der Waals surface area contributed by atoms with Gasteiger partial charge in [-0.3, -0.25) is 0 Å². The summed E-state index contributed by atoms with van der Waals surface area (Å²) in [4.78, 5) is 0. The van der Waals surface area contributed by atoms with Crippen molar-refractivity contribution in [1.29, 1.82) is 0 Å². The van der Waals surface area contributed by atoms with E-state index in [9.17, 15) is 5.11 Å². The van der Waals surface area contributed by atoms with Crippen molar-refractivity contribution < 1.29 is 9.53 Å². The molecule has 1 N–H and O–H groups in total. The molecule has 1 aromatic rings. The minimum Gasteiger partial charge on any atom is -0.414 e. The van der Waals surface area contributed by atoms with Crippen molar-refractivity contribution in [2.24, 2.45) is 0 Å². The van der Waals surface area contributed by atoms with Crippen LogP contribution in [0.1, 0.15) is 46.6 Å². The largest absolute Gasteiger partial charge is 0.414 e. The molecule has 0 saturated carbocycles. The molecule has 0 aliphatic rings. The first-order valence-electron chi connectivity index (χ1n) is 8.12. The van der Waals surface area contributed by atoms with E-state index in [4.69, 9.17) is 4.43 Å². The summed E-state index contributed by atoms with van der Waals surface area (Å²) in [6.07, 6.45) is 2.16. The van der Waals surface area contributed by atoms with E-state index in [1.807, 2.05) is 31.2 Å².